The lowest BCUT2D eigenvalue weighted by Gasteiger charge is -2.05. The van der Waals surface area contributed by atoms with Gasteiger partial charge in [0.05, 0.1) is 13.1 Å². The quantitative estimate of drug-likeness (QED) is 0.536. The molecule has 1 aromatic heterocycles. The summed E-state index contributed by atoms with van der Waals surface area (Å²) in [6, 6.07) is 14.9. The fraction of sp³-hybridized carbons (Fsp3) is 0.316. The number of imidazole rings is 1. The number of unbranched alkanes of at least 4 members (excludes halogenated alkanes) is 1. The summed E-state index contributed by atoms with van der Waals surface area (Å²) in [4.78, 5) is 0. The van der Waals surface area contributed by atoms with Crippen molar-refractivity contribution in [2.75, 3.05) is 0 Å². The third-order valence-corrected chi connectivity index (χ3v) is 5.10. The Balaban J connectivity index is 1.80. The largest absolute Gasteiger partial charge is 0.255 e. The van der Waals surface area contributed by atoms with Crippen LogP contribution >= 0.6 is 23.2 Å². The first kappa shape index (κ1) is 16.4. The summed E-state index contributed by atoms with van der Waals surface area (Å²) in [6.45, 7) is 3.91. The van der Waals surface area contributed by atoms with E-state index in [4.69, 9.17) is 23.2 Å². The Labute approximate surface area is 147 Å². The molecule has 0 aliphatic heterocycles. The monoisotopic (exact) mass is 347 g/mol. The zero-order chi connectivity index (χ0) is 16.2. The number of halogens is 2. The van der Waals surface area contributed by atoms with E-state index in [1.165, 1.54) is 16.3 Å². The molecule has 1 heterocycles. The molecule has 2 aromatic carbocycles. The summed E-state index contributed by atoms with van der Waals surface area (Å²) in [5.74, 6) is 0. The summed E-state index contributed by atoms with van der Waals surface area (Å²) < 4.78 is 4.08. The highest BCUT2D eigenvalue weighted by Gasteiger charge is 2.19. The molecule has 4 heteroatoms. The zero-order valence-electron chi connectivity index (χ0n) is 13.3. The van der Waals surface area contributed by atoms with Crippen molar-refractivity contribution in [2.45, 2.75) is 39.3 Å². The first-order valence-electron chi connectivity index (χ1n) is 8.11. The molecule has 0 aliphatic carbocycles. The lowest BCUT2D eigenvalue weighted by atomic mass is 10.0. The van der Waals surface area contributed by atoms with Gasteiger partial charge < -0.3 is 0 Å². The Morgan fingerprint density at radius 2 is 1.83 bits per heavy atom. The number of aromatic nitrogens is 2. The van der Waals surface area contributed by atoms with Crippen LogP contribution in [0.5, 0.6) is 0 Å². The van der Waals surface area contributed by atoms with Gasteiger partial charge in [0.1, 0.15) is 0 Å². The number of fused-ring (bicyclic) bond motifs is 1. The van der Waals surface area contributed by atoms with E-state index in [1.807, 2.05) is 15.5 Å². The minimum absolute atomic E-state index is 0.628. The van der Waals surface area contributed by atoms with Crippen LogP contribution < -0.4 is 4.57 Å². The fourth-order valence-electron chi connectivity index (χ4n) is 2.90. The second kappa shape index (κ2) is 7.37. The van der Waals surface area contributed by atoms with E-state index in [0.29, 0.717) is 10.3 Å². The summed E-state index contributed by atoms with van der Waals surface area (Å²) in [5.41, 5.74) is 1.34. The van der Waals surface area contributed by atoms with E-state index in [2.05, 4.69) is 49.4 Å². The molecule has 0 radical (unpaired) electrons. The fourth-order valence-corrected chi connectivity index (χ4v) is 3.37. The van der Waals surface area contributed by atoms with Gasteiger partial charge in [0.25, 0.3) is 10.3 Å². The molecule has 0 unspecified atom stereocenters. The molecule has 0 N–H and O–H groups in total. The van der Waals surface area contributed by atoms with Gasteiger partial charge in [-0.1, -0.05) is 55.8 Å². The first-order valence-corrected chi connectivity index (χ1v) is 8.86. The molecule has 3 rings (SSSR count). The van der Waals surface area contributed by atoms with Crippen LogP contribution in [0.25, 0.3) is 10.8 Å². The van der Waals surface area contributed by atoms with Crippen LogP contribution in [0.3, 0.4) is 0 Å². The van der Waals surface area contributed by atoms with Gasteiger partial charge in [0.15, 0.2) is 0 Å². The number of benzene rings is 2. The lowest BCUT2D eigenvalue weighted by molar-refractivity contribution is -0.694. The molecule has 0 saturated heterocycles. The number of hydrogen-bond acceptors (Lipinski definition) is 0. The lowest BCUT2D eigenvalue weighted by Crippen LogP contribution is -2.32. The van der Waals surface area contributed by atoms with Crippen LogP contribution in [0.4, 0.5) is 0 Å². The Kier molecular flexibility index (Phi) is 5.24. The summed E-state index contributed by atoms with van der Waals surface area (Å²) >= 11 is 12.7. The first-order chi connectivity index (χ1) is 11.2. The average molecular weight is 348 g/mol. The van der Waals surface area contributed by atoms with E-state index in [9.17, 15) is 0 Å². The number of rotatable bonds is 6. The Hall–Kier alpha value is -1.51. The van der Waals surface area contributed by atoms with Gasteiger partial charge in [-0.15, -0.1) is 0 Å². The van der Waals surface area contributed by atoms with Crippen molar-refractivity contribution in [2.24, 2.45) is 0 Å². The van der Waals surface area contributed by atoms with Crippen LogP contribution in [0, 0.1) is 0 Å². The Bertz CT molecular complexity index is 803. The summed E-state index contributed by atoms with van der Waals surface area (Å²) in [6.07, 6.45) is 5.21. The van der Waals surface area contributed by atoms with Gasteiger partial charge in [0, 0.05) is 6.42 Å². The molecule has 120 valence electrons. The van der Waals surface area contributed by atoms with Crippen molar-refractivity contribution in [3.05, 3.63) is 64.7 Å². The summed E-state index contributed by atoms with van der Waals surface area (Å²) in [5, 5.41) is 3.85. The van der Waals surface area contributed by atoms with E-state index in [0.717, 1.165) is 32.4 Å². The third kappa shape index (κ3) is 3.54. The third-order valence-electron chi connectivity index (χ3n) is 4.21. The van der Waals surface area contributed by atoms with Crippen molar-refractivity contribution < 1.29 is 4.57 Å². The molecular weight excluding hydrogens is 327 g/mol. The van der Waals surface area contributed by atoms with Gasteiger partial charge in [-0.3, -0.25) is 0 Å². The van der Waals surface area contributed by atoms with Crippen molar-refractivity contribution >= 4 is 34.0 Å². The Morgan fingerprint density at radius 1 is 1.04 bits per heavy atom. The normalized spacial score (nSPS) is 11.3. The van der Waals surface area contributed by atoms with Crippen LogP contribution in [0.2, 0.25) is 10.3 Å². The number of nitrogens with zero attached hydrogens (tertiary/aromatic N) is 2. The van der Waals surface area contributed by atoms with Crippen molar-refractivity contribution in [1.29, 1.82) is 0 Å². The maximum Gasteiger partial charge on any atom is 0.255 e. The van der Waals surface area contributed by atoms with E-state index in [1.54, 1.807) is 0 Å². The molecule has 0 spiro atoms. The molecular formula is C19H21Cl2N2+. The zero-order valence-corrected chi connectivity index (χ0v) is 14.8. The maximum atomic E-state index is 6.39. The smallest absolute Gasteiger partial charge is 0.219 e. The highest BCUT2D eigenvalue weighted by Crippen LogP contribution is 2.22. The summed E-state index contributed by atoms with van der Waals surface area (Å²) in [7, 11) is 0. The van der Waals surface area contributed by atoms with Crippen LogP contribution in [-0.4, -0.2) is 4.57 Å². The molecule has 0 saturated carbocycles. The second-order valence-electron chi connectivity index (χ2n) is 5.83. The van der Waals surface area contributed by atoms with Crippen LogP contribution in [0.15, 0.2) is 48.8 Å². The molecule has 0 atom stereocenters. The van der Waals surface area contributed by atoms with E-state index in [-0.39, 0.29) is 0 Å². The molecule has 0 amide bonds. The van der Waals surface area contributed by atoms with Gasteiger partial charge >= 0.3 is 0 Å². The van der Waals surface area contributed by atoms with Gasteiger partial charge in [-0.2, -0.15) is 0 Å². The van der Waals surface area contributed by atoms with Crippen molar-refractivity contribution in [1.82, 2.24) is 4.57 Å². The van der Waals surface area contributed by atoms with Crippen LogP contribution in [-0.2, 0) is 19.5 Å². The van der Waals surface area contributed by atoms with Gasteiger partial charge in [-0.05, 0) is 46.0 Å². The minimum atomic E-state index is 0.628. The molecule has 3 aromatic rings. The van der Waals surface area contributed by atoms with Gasteiger partial charge in [0.2, 0.25) is 6.33 Å². The maximum absolute atomic E-state index is 6.39. The standard InChI is InChI=1S/C19H21Cl2N2/c1-2-3-12-22-14-23(19(21)18(22)20)13-11-16-9-6-8-15-7-4-5-10-17(15)16/h4-10,14H,2-3,11-13H2,1H3/q+1. The van der Waals surface area contributed by atoms with Gasteiger partial charge in [-0.25, -0.2) is 9.13 Å². The van der Waals surface area contributed by atoms with Crippen molar-refractivity contribution in [3.8, 4) is 0 Å². The van der Waals surface area contributed by atoms with Crippen LogP contribution in [0.1, 0.15) is 25.3 Å². The van der Waals surface area contributed by atoms with E-state index < -0.39 is 0 Å². The Morgan fingerprint density at radius 3 is 2.65 bits per heavy atom. The highest BCUT2D eigenvalue weighted by molar-refractivity contribution is 6.39. The second-order valence-corrected chi connectivity index (χ2v) is 6.54. The highest BCUT2D eigenvalue weighted by atomic mass is 35.5. The average Bonchev–Trinajstić information content (AvgIpc) is 2.86. The van der Waals surface area contributed by atoms with Crippen molar-refractivity contribution in [3.63, 3.8) is 0 Å². The predicted octanol–water partition coefficient (Wildman–Crippen LogP) is 5.28. The predicted molar refractivity (Wildman–Crippen MR) is 97.2 cm³/mol. The molecule has 2 nitrogen and oxygen atoms in total. The molecule has 23 heavy (non-hydrogen) atoms. The number of hydrogen-bond donors (Lipinski definition) is 0. The minimum Gasteiger partial charge on any atom is -0.219 e. The molecule has 0 fully saturated rings. The SMILES string of the molecule is CCCC[n+]1cn(CCc2cccc3ccccc23)c(Cl)c1Cl. The van der Waals surface area contributed by atoms with E-state index >= 15 is 0 Å². The molecule has 0 bridgehead atoms. The topological polar surface area (TPSA) is 8.81 Å². The number of aryl methyl sites for hydroxylation is 3. The molecule has 0 aliphatic rings.